The van der Waals surface area contributed by atoms with Gasteiger partial charge in [0.25, 0.3) is 5.91 Å². The number of aliphatic carboxylic acids is 1. The Labute approximate surface area is 155 Å². The van der Waals surface area contributed by atoms with Crippen molar-refractivity contribution in [1.29, 1.82) is 0 Å². The summed E-state index contributed by atoms with van der Waals surface area (Å²) in [6, 6.07) is 6.63. The van der Waals surface area contributed by atoms with Gasteiger partial charge in [-0.1, -0.05) is 30.8 Å². The molecular weight excluding hydrogens is 356 g/mol. The van der Waals surface area contributed by atoms with Crippen molar-refractivity contribution in [2.24, 2.45) is 5.92 Å². The number of amides is 2. The van der Waals surface area contributed by atoms with Gasteiger partial charge in [-0.25, -0.2) is 4.79 Å². The number of rotatable bonds is 6. The molecule has 8 heteroatoms. The van der Waals surface area contributed by atoms with E-state index in [1.807, 2.05) is 6.92 Å². The van der Waals surface area contributed by atoms with Crippen LogP contribution in [-0.4, -0.2) is 50.9 Å². The summed E-state index contributed by atoms with van der Waals surface area (Å²) in [7, 11) is 0. The number of benzene rings is 1. The molecule has 1 aromatic rings. The smallest absolute Gasteiger partial charge is 0.353 e. The quantitative estimate of drug-likeness (QED) is 0.650. The second-order valence-electron chi connectivity index (χ2n) is 6.30. The number of hydrogen-bond donors (Lipinski definition) is 3. The second kappa shape index (κ2) is 7.13. The lowest BCUT2D eigenvalue weighted by Gasteiger charge is -2.43. The molecule has 0 radical (unpaired) electrons. The van der Waals surface area contributed by atoms with Crippen LogP contribution in [0.3, 0.4) is 0 Å². The maximum absolute atomic E-state index is 12.2. The summed E-state index contributed by atoms with van der Waals surface area (Å²) in [5.74, 6) is -2.35. The number of aliphatic hydroxyl groups is 1. The van der Waals surface area contributed by atoms with Gasteiger partial charge in [0.1, 0.15) is 11.1 Å². The Hall–Kier alpha value is -2.32. The topological polar surface area (TPSA) is 107 Å². The highest BCUT2D eigenvalue weighted by Crippen LogP contribution is 2.53. The normalized spacial score (nSPS) is 22.7. The van der Waals surface area contributed by atoms with E-state index in [1.54, 1.807) is 24.3 Å². The number of carboxylic acids is 1. The molecule has 7 nitrogen and oxygen atoms in total. The molecule has 1 aromatic carbocycles. The second-order valence-corrected chi connectivity index (χ2v) is 7.43. The number of carboxylic acid groups (broad SMARTS) is 1. The first kappa shape index (κ1) is 18.5. The zero-order chi connectivity index (χ0) is 19.0. The molecule has 3 N–H and O–H groups in total. The molecule has 0 unspecified atom stereocenters. The maximum Gasteiger partial charge on any atom is 0.353 e. The summed E-state index contributed by atoms with van der Waals surface area (Å²) in [4.78, 5) is 37.6. The van der Waals surface area contributed by atoms with Gasteiger partial charge in [0, 0.05) is 17.0 Å². The van der Waals surface area contributed by atoms with Gasteiger partial charge in [0.05, 0.1) is 12.0 Å². The number of nitrogens with one attached hydrogen (secondary N) is 1. The van der Waals surface area contributed by atoms with Crippen molar-refractivity contribution < 1.29 is 24.6 Å². The molecule has 2 aliphatic rings. The van der Waals surface area contributed by atoms with Gasteiger partial charge < -0.3 is 15.5 Å². The third kappa shape index (κ3) is 2.99. The van der Waals surface area contributed by atoms with E-state index in [9.17, 15) is 24.6 Å². The fraction of sp³-hybridized carbons (Fsp3) is 0.389. The van der Waals surface area contributed by atoms with Gasteiger partial charge in [-0.2, -0.15) is 0 Å². The first-order valence-electron chi connectivity index (χ1n) is 8.40. The van der Waals surface area contributed by atoms with Crippen LogP contribution >= 0.6 is 11.8 Å². The van der Waals surface area contributed by atoms with Crippen LogP contribution < -0.4 is 5.32 Å². The molecule has 1 saturated heterocycles. The molecule has 0 bridgehead atoms. The van der Waals surface area contributed by atoms with E-state index >= 15 is 0 Å². The summed E-state index contributed by atoms with van der Waals surface area (Å²) < 4.78 is 0. The molecule has 0 saturated carbocycles. The average Bonchev–Trinajstić information content (AvgIpc) is 2.94. The Balaban J connectivity index is 1.88. The third-order valence-electron chi connectivity index (χ3n) is 4.45. The van der Waals surface area contributed by atoms with Crippen molar-refractivity contribution in [3.05, 3.63) is 41.1 Å². The first-order chi connectivity index (χ1) is 12.4. The minimum atomic E-state index is -1.18. The molecule has 1 fully saturated rings. The summed E-state index contributed by atoms with van der Waals surface area (Å²) in [6.07, 6.45) is 0.000611. The minimum Gasteiger partial charge on any atom is -0.477 e. The Morgan fingerprint density at radius 3 is 2.50 bits per heavy atom. The van der Waals surface area contributed by atoms with Crippen LogP contribution in [0.1, 0.15) is 36.2 Å². The monoisotopic (exact) mass is 376 g/mol. The highest BCUT2D eigenvalue weighted by Gasteiger charge is 2.57. The lowest BCUT2D eigenvalue weighted by molar-refractivity contribution is -0.156. The molecule has 3 atom stereocenters. The van der Waals surface area contributed by atoms with Crippen molar-refractivity contribution in [3.63, 3.8) is 0 Å². The van der Waals surface area contributed by atoms with Crippen LogP contribution in [0.15, 0.2) is 30.0 Å². The SMILES string of the molecule is CCCNC(=O)c1ccc(C2=C(C(=O)O)N3C(=O)[C@H]([C@@H](C)O)[C@H]3S2)cc1. The van der Waals surface area contributed by atoms with Gasteiger partial charge in [-0.3, -0.25) is 14.5 Å². The molecule has 0 spiro atoms. The number of nitrogens with zero attached hydrogens (tertiary/aromatic N) is 1. The zero-order valence-electron chi connectivity index (χ0n) is 14.4. The molecule has 0 aromatic heterocycles. The van der Waals surface area contributed by atoms with E-state index in [2.05, 4.69) is 5.32 Å². The number of hydrogen-bond acceptors (Lipinski definition) is 5. The lowest BCUT2D eigenvalue weighted by atomic mass is 9.92. The van der Waals surface area contributed by atoms with Crippen molar-refractivity contribution in [2.45, 2.75) is 31.7 Å². The predicted octanol–water partition coefficient (Wildman–Crippen LogP) is 1.49. The first-order valence-corrected chi connectivity index (χ1v) is 9.28. The average molecular weight is 376 g/mol. The van der Waals surface area contributed by atoms with Crippen molar-refractivity contribution in [2.75, 3.05) is 6.54 Å². The van der Waals surface area contributed by atoms with Crippen LogP contribution in [0.5, 0.6) is 0 Å². The number of carbonyl (C=O) groups excluding carboxylic acids is 2. The molecule has 138 valence electrons. The molecule has 2 aliphatic heterocycles. The van der Waals surface area contributed by atoms with Crippen LogP contribution in [-0.2, 0) is 9.59 Å². The van der Waals surface area contributed by atoms with E-state index in [0.717, 1.165) is 6.42 Å². The molecular formula is C18H20N2O5S. The van der Waals surface area contributed by atoms with Gasteiger partial charge in [-0.15, -0.1) is 0 Å². The van der Waals surface area contributed by atoms with E-state index in [1.165, 1.54) is 23.6 Å². The number of fused-ring (bicyclic) bond motifs is 1. The fourth-order valence-corrected chi connectivity index (χ4v) is 4.72. The van der Waals surface area contributed by atoms with Gasteiger partial charge in [-0.05, 0) is 31.0 Å². The van der Waals surface area contributed by atoms with Crippen molar-refractivity contribution in [1.82, 2.24) is 10.2 Å². The Bertz CT molecular complexity index is 787. The third-order valence-corrected chi connectivity index (χ3v) is 5.86. The van der Waals surface area contributed by atoms with E-state index in [4.69, 9.17) is 0 Å². The lowest BCUT2D eigenvalue weighted by Crippen LogP contribution is -2.60. The highest BCUT2D eigenvalue weighted by atomic mass is 32.2. The standard InChI is InChI=1S/C18H20N2O5S/c1-3-8-19-15(22)11-6-4-10(5-7-11)14-13(18(24)25)20-16(23)12(9(2)21)17(20)26-14/h4-7,9,12,17,21H,3,8H2,1-2H3,(H,19,22)(H,24,25)/t9-,12+,17-/m1/s1. The number of carbonyl (C=O) groups is 3. The molecule has 2 heterocycles. The molecule has 26 heavy (non-hydrogen) atoms. The van der Waals surface area contributed by atoms with Crippen LogP contribution in [0.2, 0.25) is 0 Å². The Morgan fingerprint density at radius 1 is 1.31 bits per heavy atom. The van der Waals surface area contributed by atoms with Gasteiger partial charge in [0.15, 0.2) is 0 Å². The van der Waals surface area contributed by atoms with E-state index in [-0.39, 0.29) is 17.5 Å². The van der Waals surface area contributed by atoms with Crippen molar-refractivity contribution >= 4 is 34.5 Å². The summed E-state index contributed by atoms with van der Waals surface area (Å²) >= 11 is 1.26. The van der Waals surface area contributed by atoms with Crippen LogP contribution in [0.4, 0.5) is 0 Å². The fourth-order valence-electron chi connectivity index (χ4n) is 3.10. The Morgan fingerprint density at radius 2 is 1.96 bits per heavy atom. The molecule has 2 amide bonds. The Kier molecular flexibility index (Phi) is 5.06. The predicted molar refractivity (Wildman–Crippen MR) is 97.0 cm³/mol. The number of aliphatic hydroxyl groups excluding tert-OH is 1. The summed E-state index contributed by atoms with van der Waals surface area (Å²) in [6.45, 7) is 4.08. The van der Waals surface area contributed by atoms with Gasteiger partial charge >= 0.3 is 5.97 Å². The largest absolute Gasteiger partial charge is 0.477 e. The summed E-state index contributed by atoms with van der Waals surface area (Å²) in [5, 5.41) is 21.7. The van der Waals surface area contributed by atoms with Crippen LogP contribution in [0, 0.1) is 5.92 Å². The molecule has 3 rings (SSSR count). The number of thioether (sulfide) groups is 1. The van der Waals surface area contributed by atoms with Gasteiger partial charge in [0.2, 0.25) is 5.91 Å². The van der Waals surface area contributed by atoms with E-state index in [0.29, 0.717) is 22.6 Å². The van der Waals surface area contributed by atoms with Crippen molar-refractivity contribution in [3.8, 4) is 0 Å². The maximum atomic E-state index is 12.2. The van der Waals surface area contributed by atoms with E-state index < -0.39 is 23.4 Å². The van der Waals surface area contributed by atoms with Crippen LogP contribution in [0.25, 0.3) is 4.91 Å². The summed E-state index contributed by atoms with van der Waals surface area (Å²) in [5.41, 5.74) is 1.06. The highest BCUT2D eigenvalue weighted by molar-refractivity contribution is 8.09. The minimum absolute atomic E-state index is 0.0647. The number of β-lactam (4-membered cyclic amide) rings is 1. The molecule has 0 aliphatic carbocycles. The zero-order valence-corrected chi connectivity index (χ0v) is 15.2.